The normalized spacial score (nSPS) is 10.2. The van der Waals surface area contributed by atoms with Gasteiger partial charge in [0.15, 0.2) is 0 Å². The maximum Gasteiger partial charge on any atom is 0.119 e. The van der Waals surface area contributed by atoms with Crippen LogP contribution in [0.15, 0.2) is 47.6 Å². The van der Waals surface area contributed by atoms with Crippen LogP contribution in [0.25, 0.3) is 21.6 Å². The van der Waals surface area contributed by atoms with Gasteiger partial charge in [0.1, 0.15) is 5.75 Å². The van der Waals surface area contributed by atoms with E-state index >= 15 is 0 Å². The van der Waals surface area contributed by atoms with E-state index in [2.05, 4.69) is 60.3 Å². The molecule has 126 valence electrons. The minimum Gasteiger partial charge on any atom is -0.494 e. The van der Waals surface area contributed by atoms with Crippen molar-refractivity contribution in [1.82, 2.24) is 0 Å². The molecule has 2 rings (SSSR count). The summed E-state index contributed by atoms with van der Waals surface area (Å²) in [5.41, 5.74) is 13.4. The van der Waals surface area contributed by atoms with E-state index in [0.29, 0.717) is 13.2 Å². The lowest BCUT2D eigenvalue weighted by Crippen LogP contribution is -1.99. The van der Waals surface area contributed by atoms with Crippen LogP contribution in [0, 0.1) is 0 Å². The van der Waals surface area contributed by atoms with E-state index in [-0.39, 0.29) is 0 Å². The van der Waals surface area contributed by atoms with Gasteiger partial charge in [0, 0.05) is 11.5 Å². The first kappa shape index (κ1) is 17.9. The predicted octanol–water partition coefficient (Wildman–Crippen LogP) is 5.95. The third kappa shape index (κ3) is 5.04. The highest BCUT2D eigenvalue weighted by molar-refractivity contribution is 5.68. The van der Waals surface area contributed by atoms with Gasteiger partial charge in [-0.15, -0.1) is 0 Å². The summed E-state index contributed by atoms with van der Waals surface area (Å²) < 4.78 is 5.82. The van der Waals surface area contributed by atoms with E-state index in [4.69, 9.17) is 10.3 Å². The van der Waals surface area contributed by atoms with Crippen molar-refractivity contribution in [1.29, 1.82) is 0 Å². The summed E-state index contributed by atoms with van der Waals surface area (Å²) >= 11 is 0. The van der Waals surface area contributed by atoms with Crippen molar-refractivity contribution >= 4 is 0 Å². The zero-order valence-corrected chi connectivity index (χ0v) is 14.5. The van der Waals surface area contributed by atoms with Crippen molar-refractivity contribution in [3.63, 3.8) is 0 Å². The largest absolute Gasteiger partial charge is 0.494 e. The summed E-state index contributed by atoms with van der Waals surface area (Å²) in [5.74, 6) is 0.907. The third-order valence-corrected chi connectivity index (χ3v) is 4.12. The van der Waals surface area contributed by atoms with Crippen molar-refractivity contribution in [3.05, 3.63) is 64.0 Å². The zero-order valence-electron chi connectivity index (χ0n) is 14.5. The molecule has 4 heteroatoms. The number of hydrogen-bond acceptors (Lipinski definition) is 2. The van der Waals surface area contributed by atoms with Gasteiger partial charge in [-0.25, -0.2) is 0 Å². The standard InChI is InChI=1S/C20H25N3O/c1-3-16-7-9-18(10-8-16)20-12-11-19(15-17(20)4-2)24-14-6-5-13-22-23-21/h7-12,15H,3-6,13-14H2,1-2H3. The Morgan fingerprint density at radius 1 is 1.00 bits per heavy atom. The highest BCUT2D eigenvalue weighted by Crippen LogP contribution is 2.28. The molecule has 0 spiro atoms. The van der Waals surface area contributed by atoms with Gasteiger partial charge in [0.25, 0.3) is 0 Å². The molecule has 0 radical (unpaired) electrons. The van der Waals surface area contributed by atoms with Gasteiger partial charge in [0.2, 0.25) is 0 Å². The highest BCUT2D eigenvalue weighted by Gasteiger charge is 2.06. The van der Waals surface area contributed by atoms with Crippen molar-refractivity contribution in [2.45, 2.75) is 39.5 Å². The molecule has 0 heterocycles. The fraction of sp³-hybridized carbons (Fsp3) is 0.400. The minimum atomic E-state index is 0.534. The summed E-state index contributed by atoms with van der Waals surface area (Å²) in [6, 6.07) is 15.1. The number of azide groups is 1. The Labute approximate surface area is 144 Å². The molecule has 0 fully saturated rings. The lowest BCUT2D eigenvalue weighted by molar-refractivity contribution is 0.307. The Morgan fingerprint density at radius 3 is 2.46 bits per heavy atom. The second-order valence-corrected chi connectivity index (χ2v) is 5.73. The van der Waals surface area contributed by atoms with Gasteiger partial charge in [-0.3, -0.25) is 0 Å². The van der Waals surface area contributed by atoms with Gasteiger partial charge in [-0.1, -0.05) is 49.3 Å². The Hall–Kier alpha value is -2.45. The molecule has 24 heavy (non-hydrogen) atoms. The summed E-state index contributed by atoms with van der Waals surface area (Å²) in [6.45, 7) is 5.52. The van der Waals surface area contributed by atoms with Crippen LogP contribution in [-0.2, 0) is 12.8 Å². The van der Waals surface area contributed by atoms with Crippen LogP contribution in [0.1, 0.15) is 37.8 Å². The summed E-state index contributed by atoms with van der Waals surface area (Å²) in [7, 11) is 0. The lowest BCUT2D eigenvalue weighted by atomic mass is 9.96. The highest BCUT2D eigenvalue weighted by atomic mass is 16.5. The fourth-order valence-electron chi connectivity index (χ4n) is 2.67. The molecule has 0 aromatic heterocycles. The van der Waals surface area contributed by atoms with Crippen LogP contribution in [0.3, 0.4) is 0 Å². The Bertz CT molecular complexity index is 689. The first-order valence-corrected chi connectivity index (χ1v) is 8.64. The number of hydrogen-bond donors (Lipinski definition) is 0. The first-order valence-electron chi connectivity index (χ1n) is 8.64. The van der Waals surface area contributed by atoms with Gasteiger partial charge >= 0.3 is 0 Å². The topological polar surface area (TPSA) is 58.0 Å². The van der Waals surface area contributed by atoms with Gasteiger partial charge in [-0.05, 0) is 65.6 Å². The molecule has 2 aromatic carbocycles. The molecule has 0 aliphatic carbocycles. The molecule has 0 saturated carbocycles. The molecule has 0 atom stereocenters. The summed E-state index contributed by atoms with van der Waals surface area (Å²) in [6.07, 6.45) is 3.78. The van der Waals surface area contributed by atoms with Crippen molar-refractivity contribution in [3.8, 4) is 16.9 Å². The monoisotopic (exact) mass is 323 g/mol. The van der Waals surface area contributed by atoms with Crippen molar-refractivity contribution in [2.24, 2.45) is 5.11 Å². The lowest BCUT2D eigenvalue weighted by Gasteiger charge is -2.12. The molecular weight excluding hydrogens is 298 g/mol. The van der Waals surface area contributed by atoms with E-state index in [1.165, 1.54) is 22.3 Å². The number of benzene rings is 2. The first-order chi connectivity index (χ1) is 11.8. The molecule has 0 aliphatic heterocycles. The third-order valence-electron chi connectivity index (χ3n) is 4.12. The number of nitrogens with zero attached hydrogens (tertiary/aromatic N) is 3. The predicted molar refractivity (Wildman–Crippen MR) is 99.4 cm³/mol. The van der Waals surface area contributed by atoms with Gasteiger partial charge < -0.3 is 4.74 Å². The maximum absolute atomic E-state index is 8.23. The zero-order chi connectivity index (χ0) is 17.2. The maximum atomic E-state index is 8.23. The molecule has 0 saturated heterocycles. The molecule has 0 unspecified atom stereocenters. The molecule has 0 amide bonds. The average Bonchev–Trinajstić information content (AvgIpc) is 2.64. The van der Waals surface area contributed by atoms with E-state index in [1.807, 2.05) is 6.07 Å². The minimum absolute atomic E-state index is 0.534. The fourth-order valence-corrected chi connectivity index (χ4v) is 2.67. The number of ether oxygens (including phenoxy) is 1. The molecule has 0 N–H and O–H groups in total. The number of rotatable bonds is 9. The quantitative estimate of drug-likeness (QED) is 0.243. The van der Waals surface area contributed by atoms with Crippen molar-refractivity contribution in [2.75, 3.05) is 13.2 Å². The van der Waals surface area contributed by atoms with Gasteiger partial charge in [-0.2, -0.15) is 0 Å². The Balaban J connectivity index is 2.02. The van der Waals surface area contributed by atoms with Crippen LogP contribution in [0.5, 0.6) is 5.75 Å². The molecule has 0 bridgehead atoms. The van der Waals surface area contributed by atoms with E-state index < -0.39 is 0 Å². The summed E-state index contributed by atoms with van der Waals surface area (Å²) in [5, 5.41) is 3.53. The molecule has 4 nitrogen and oxygen atoms in total. The van der Waals surface area contributed by atoms with Gasteiger partial charge in [0.05, 0.1) is 6.61 Å². The van der Waals surface area contributed by atoms with Crippen LogP contribution in [0.4, 0.5) is 0 Å². The van der Waals surface area contributed by atoms with Crippen LogP contribution >= 0.6 is 0 Å². The van der Waals surface area contributed by atoms with E-state index in [9.17, 15) is 0 Å². The Morgan fingerprint density at radius 2 is 1.79 bits per heavy atom. The smallest absolute Gasteiger partial charge is 0.119 e. The second-order valence-electron chi connectivity index (χ2n) is 5.73. The average molecular weight is 323 g/mol. The number of unbranched alkanes of at least 4 members (excludes halogenated alkanes) is 1. The van der Waals surface area contributed by atoms with Crippen LogP contribution in [0.2, 0.25) is 0 Å². The SMILES string of the molecule is CCc1ccc(-c2ccc(OCCCCN=[N+]=[N-])cc2CC)cc1. The summed E-state index contributed by atoms with van der Waals surface area (Å²) in [4.78, 5) is 2.75. The van der Waals surface area contributed by atoms with Crippen LogP contribution < -0.4 is 4.74 Å². The second kappa shape index (κ2) is 9.64. The molecule has 2 aromatic rings. The van der Waals surface area contributed by atoms with Crippen LogP contribution in [-0.4, -0.2) is 13.2 Å². The van der Waals surface area contributed by atoms with Crippen molar-refractivity contribution < 1.29 is 4.74 Å². The molecular formula is C20H25N3O. The molecule has 0 aliphatic rings. The Kier molecular flexibility index (Phi) is 7.19. The van der Waals surface area contributed by atoms with E-state index in [0.717, 1.165) is 31.4 Å². The van der Waals surface area contributed by atoms with E-state index in [1.54, 1.807) is 0 Å². The number of aryl methyl sites for hydroxylation is 2.